The molecule has 1 aliphatic heterocycles. The zero-order chi connectivity index (χ0) is 14.4. The number of hydrogen-bond donors (Lipinski definition) is 1. The second kappa shape index (κ2) is 4.88. The first kappa shape index (κ1) is 13.6. The summed E-state index contributed by atoms with van der Waals surface area (Å²) in [7, 11) is 10.8. The van der Waals surface area contributed by atoms with E-state index < -0.39 is 12.6 Å². The van der Waals surface area contributed by atoms with Crippen LogP contribution in [0.3, 0.4) is 0 Å². The molecule has 0 spiro atoms. The van der Waals surface area contributed by atoms with E-state index in [9.17, 15) is 0 Å². The molecule has 1 aliphatic rings. The summed E-state index contributed by atoms with van der Waals surface area (Å²) in [6.07, 6.45) is 0. The summed E-state index contributed by atoms with van der Waals surface area (Å²) >= 11 is -1.58. The second-order valence-corrected chi connectivity index (χ2v) is 9.62. The molecule has 0 saturated heterocycles. The Morgan fingerprint density at radius 3 is 2.65 bits per heavy atom. The zero-order valence-electron chi connectivity index (χ0n) is 11.6. The standard InChI is InChI=1S/C15H16ClN3Se/c1-9-6-13-15(8-11(9)17)20(16)14-7-10(19(2)3)4-5-12(14)18-13/h4-8H,17H2,1-3H3. The molecule has 1 atom stereocenters. The molecule has 0 fully saturated rings. The van der Waals surface area contributed by atoms with Crippen molar-refractivity contribution in [2.24, 2.45) is 4.99 Å². The number of fused-ring (bicyclic) bond motifs is 2. The molecule has 2 aromatic carbocycles. The van der Waals surface area contributed by atoms with Gasteiger partial charge in [-0.05, 0) is 0 Å². The van der Waals surface area contributed by atoms with E-state index in [1.54, 1.807) is 0 Å². The van der Waals surface area contributed by atoms with Crippen LogP contribution >= 0.6 is 10.1 Å². The molecule has 0 aromatic heterocycles. The first-order valence-electron chi connectivity index (χ1n) is 6.31. The van der Waals surface area contributed by atoms with E-state index in [1.165, 1.54) is 0 Å². The Balaban J connectivity index is 2.33. The predicted molar refractivity (Wildman–Crippen MR) is 87.3 cm³/mol. The van der Waals surface area contributed by atoms with Crippen molar-refractivity contribution in [1.82, 2.24) is 0 Å². The monoisotopic (exact) mass is 353 g/mol. The van der Waals surface area contributed by atoms with Crippen molar-refractivity contribution in [1.29, 1.82) is 0 Å². The fourth-order valence-corrected chi connectivity index (χ4v) is 6.15. The van der Waals surface area contributed by atoms with Gasteiger partial charge >= 0.3 is 126 Å². The minimum atomic E-state index is -1.58. The van der Waals surface area contributed by atoms with Crippen molar-refractivity contribution in [3.05, 3.63) is 45.3 Å². The van der Waals surface area contributed by atoms with Crippen LogP contribution in [-0.2, 0) is 0 Å². The summed E-state index contributed by atoms with van der Waals surface area (Å²) in [4.78, 5) is 6.81. The van der Waals surface area contributed by atoms with E-state index >= 15 is 0 Å². The minimum absolute atomic E-state index is 0.792. The van der Waals surface area contributed by atoms with Gasteiger partial charge in [0.1, 0.15) is 0 Å². The molecule has 1 unspecified atom stereocenters. The Hall–Kier alpha value is -1.35. The molecule has 0 saturated carbocycles. The topological polar surface area (TPSA) is 41.6 Å². The van der Waals surface area contributed by atoms with Crippen LogP contribution in [0.25, 0.3) is 0 Å². The number of nitrogen functional groups attached to an aromatic ring is 1. The van der Waals surface area contributed by atoms with Crippen LogP contribution < -0.4 is 20.5 Å². The molecule has 5 heteroatoms. The summed E-state index contributed by atoms with van der Waals surface area (Å²) in [6.45, 7) is 2.00. The average molecular weight is 353 g/mol. The van der Waals surface area contributed by atoms with Crippen LogP contribution in [0.1, 0.15) is 5.56 Å². The molecule has 2 N–H and O–H groups in total. The van der Waals surface area contributed by atoms with Gasteiger partial charge < -0.3 is 0 Å². The van der Waals surface area contributed by atoms with Crippen LogP contribution in [0.4, 0.5) is 17.1 Å². The van der Waals surface area contributed by atoms with Gasteiger partial charge in [0.05, 0.1) is 0 Å². The molecular weight excluding hydrogens is 337 g/mol. The number of rotatable bonds is 1. The normalized spacial score (nSPS) is 16.1. The van der Waals surface area contributed by atoms with E-state index in [1.807, 2.05) is 33.2 Å². The summed E-state index contributed by atoms with van der Waals surface area (Å²) in [6, 6.07) is 10.3. The summed E-state index contributed by atoms with van der Waals surface area (Å²) in [5.41, 5.74) is 10.0. The molecule has 2 aromatic rings. The third-order valence-corrected chi connectivity index (χ3v) is 8.15. The number of anilines is 2. The number of halogens is 1. The van der Waals surface area contributed by atoms with Crippen molar-refractivity contribution in [3.63, 3.8) is 0 Å². The van der Waals surface area contributed by atoms with Gasteiger partial charge in [0, 0.05) is 0 Å². The van der Waals surface area contributed by atoms with Gasteiger partial charge in [0.25, 0.3) is 0 Å². The zero-order valence-corrected chi connectivity index (χ0v) is 14.1. The number of benzene rings is 2. The van der Waals surface area contributed by atoms with Crippen LogP contribution in [0.15, 0.2) is 35.3 Å². The Bertz CT molecular complexity index is 828. The molecule has 3 nitrogen and oxygen atoms in total. The molecule has 3 rings (SSSR count). The average Bonchev–Trinajstić information content (AvgIpc) is 2.41. The number of aryl methyl sites for hydroxylation is 1. The number of nitrogens with two attached hydrogens (primary N) is 1. The molecular formula is C15H16ClN3Se. The maximum atomic E-state index is 6.77. The van der Waals surface area contributed by atoms with Crippen molar-refractivity contribution in [2.45, 2.75) is 6.92 Å². The third-order valence-electron chi connectivity index (χ3n) is 3.43. The molecule has 20 heavy (non-hydrogen) atoms. The Labute approximate surface area is 126 Å². The molecule has 0 radical (unpaired) electrons. The van der Waals surface area contributed by atoms with Gasteiger partial charge in [-0.3, -0.25) is 0 Å². The fourth-order valence-electron chi connectivity index (χ4n) is 2.18. The van der Waals surface area contributed by atoms with Gasteiger partial charge in [-0.2, -0.15) is 0 Å². The van der Waals surface area contributed by atoms with Crippen LogP contribution in [0.2, 0.25) is 0 Å². The molecule has 104 valence electrons. The number of hydrogen-bond acceptors (Lipinski definition) is 3. The molecule has 0 amide bonds. The summed E-state index contributed by atoms with van der Waals surface area (Å²) < 4.78 is 2.27. The van der Waals surface area contributed by atoms with E-state index in [4.69, 9.17) is 20.8 Å². The van der Waals surface area contributed by atoms with Crippen molar-refractivity contribution >= 4 is 44.2 Å². The van der Waals surface area contributed by atoms with Crippen LogP contribution in [0, 0.1) is 11.0 Å². The van der Waals surface area contributed by atoms with Crippen molar-refractivity contribution < 1.29 is 0 Å². The van der Waals surface area contributed by atoms with E-state index in [0.717, 1.165) is 36.5 Å². The van der Waals surface area contributed by atoms with Crippen molar-refractivity contribution in [3.8, 4) is 0 Å². The SMILES string of the molecule is Cc1cc2c(cc1N)=[Se](Cl)c1cc(N(C)C)ccc1N=2. The second-order valence-electron chi connectivity index (χ2n) is 5.09. The third kappa shape index (κ3) is 2.14. The number of nitrogens with zero attached hydrogens (tertiary/aromatic N) is 2. The van der Waals surface area contributed by atoms with Gasteiger partial charge in [-0.15, -0.1) is 0 Å². The van der Waals surface area contributed by atoms with E-state index in [-0.39, 0.29) is 0 Å². The van der Waals surface area contributed by atoms with Gasteiger partial charge in [0.2, 0.25) is 0 Å². The van der Waals surface area contributed by atoms with Crippen LogP contribution in [0.5, 0.6) is 0 Å². The predicted octanol–water partition coefficient (Wildman–Crippen LogP) is 1.88. The Morgan fingerprint density at radius 2 is 1.95 bits per heavy atom. The van der Waals surface area contributed by atoms with E-state index in [2.05, 4.69) is 23.1 Å². The van der Waals surface area contributed by atoms with Gasteiger partial charge in [0.15, 0.2) is 0 Å². The van der Waals surface area contributed by atoms with E-state index in [0.29, 0.717) is 0 Å². The Morgan fingerprint density at radius 1 is 1.20 bits per heavy atom. The van der Waals surface area contributed by atoms with Crippen molar-refractivity contribution in [2.75, 3.05) is 24.7 Å². The summed E-state index contributed by atoms with van der Waals surface area (Å²) in [5.74, 6) is 0. The summed E-state index contributed by atoms with van der Waals surface area (Å²) in [5, 5.41) is 0.974. The van der Waals surface area contributed by atoms with Crippen LogP contribution in [-0.4, -0.2) is 26.6 Å². The fraction of sp³-hybridized carbons (Fsp3) is 0.200. The molecule has 0 aliphatic carbocycles. The maximum absolute atomic E-state index is 6.77. The van der Waals surface area contributed by atoms with Gasteiger partial charge in [-0.25, -0.2) is 0 Å². The first-order valence-corrected chi connectivity index (χ1v) is 10.3. The quantitative estimate of drug-likeness (QED) is 0.629. The molecule has 0 bridgehead atoms. The van der Waals surface area contributed by atoms with Gasteiger partial charge in [-0.1, -0.05) is 0 Å². The Kier molecular flexibility index (Phi) is 3.33. The first-order chi connectivity index (χ1) is 9.47. The molecule has 1 heterocycles.